The third-order valence-electron chi connectivity index (χ3n) is 4.51. The summed E-state index contributed by atoms with van der Waals surface area (Å²) in [5, 5.41) is 0. The minimum Gasteiger partial charge on any atom is -0.0654 e. The van der Waals surface area contributed by atoms with Gasteiger partial charge in [0.15, 0.2) is 0 Å². The molecule has 3 fully saturated rings. The number of hydrogen-bond acceptors (Lipinski definition) is 0. The second-order valence-electron chi connectivity index (χ2n) is 5.35. The third kappa shape index (κ3) is 1.03. The Morgan fingerprint density at radius 3 is 2.50 bits per heavy atom. The van der Waals surface area contributed by atoms with Crippen LogP contribution in [0.3, 0.4) is 0 Å². The summed E-state index contributed by atoms with van der Waals surface area (Å²) in [6.45, 7) is 2.35. The van der Waals surface area contributed by atoms with Crippen molar-refractivity contribution in [3.05, 3.63) is 0 Å². The van der Waals surface area contributed by atoms with Gasteiger partial charge in [-0.25, -0.2) is 0 Å². The molecule has 0 N–H and O–H groups in total. The lowest BCUT2D eigenvalue weighted by Crippen LogP contribution is -2.05. The van der Waals surface area contributed by atoms with Gasteiger partial charge in [0.2, 0.25) is 0 Å². The summed E-state index contributed by atoms with van der Waals surface area (Å²) < 4.78 is 0. The van der Waals surface area contributed by atoms with Crippen molar-refractivity contribution < 1.29 is 0 Å². The van der Waals surface area contributed by atoms with Crippen LogP contribution in [0.25, 0.3) is 0 Å². The van der Waals surface area contributed by atoms with Crippen molar-refractivity contribution >= 4 is 0 Å². The lowest BCUT2D eigenvalue weighted by molar-refractivity contribution is 0.361. The highest BCUT2D eigenvalue weighted by atomic mass is 14.6. The van der Waals surface area contributed by atoms with Crippen molar-refractivity contribution in [2.75, 3.05) is 0 Å². The predicted molar refractivity (Wildman–Crippen MR) is 50.8 cm³/mol. The van der Waals surface area contributed by atoms with E-state index >= 15 is 0 Å². The van der Waals surface area contributed by atoms with Crippen molar-refractivity contribution in [3.8, 4) is 0 Å². The second kappa shape index (κ2) is 2.49. The van der Waals surface area contributed by atoms with E-state index in [1.807, 2.05) is 0 Å². The Kier molecular flexibility index (Phi) is 1.54. The van der Waals surface area contributed by atoms with E-state index in [2.05, 4.69) is 6.92 Å². The average Bonchev–Trinajstić information content (AvgIpc) is 2.96. The monoisotopic (exact) mass is 164 g/mol. The molecule has 0 aromatic rings. The first-order valence-corrected chi connectivity index (χ1v) is 5.90. The number of hydrogen-bond donors (Lipinski definition) is 0. The van der Waals surface area contributed by atoms with Crippen LogP contribution in [0.5, 0.6) is 0 Å². The van der Waals surface area contributed by atoms with Crippen LogP contribution in [-0.4, -0.2) is 0 Å². The van der Waals surface area contributed by atoms with Gasteiger partial charge in [-0.05, 0) is 55.3 Å². The van der Waals surface area contributed by atoms with E-state index in [0.29, 0.717) is 0 Å². The average molecular weight is 164 g/mol. The molecule has 0 aromatic heterocycles. The smallest absolute Gasteiger partial charge is 0.0349 e. The lowest BCUT2D eigenvalue weighted by Gasteiger charge is -2.14. The summed E-state index contributed by atoms with van der Waals surface area (Å²) >= 11 is 0. The quantitative estimate of drug-likeness (QED) is 0.599. The molecule has 0 heteroatoms. The van der Waals surface area contributed by atoms with Crippen molar-refractivity contribution in [1.82, 2.24) is 0 Å². The highest BCUT2D eigenvalue weighted by Gasteiger charge is 2.56. The first-order valence-electron chi connectivity index (χ1n) is 5.90. The van der Waals surface area contributed by atoms with Crippen molar-refractivity contribution in [1.29, 1.82) is 0 Å². The Morgan fingerprint density at radius 2 is 1.83 bits per heavy atom. The largest absolute Gasteiger partial charge is 0.0654 e. The van der Waals surface area contributed by atoms with Gasteiger partial charge in [0.1, 0.15) is 0 Å². The van der Waals surface area contributed by atoms with E-state index in [1.165, 1.54) is 36.5 Å². The highest BCUT2D eigenvalue weighted by Crippen LogP contribution is 2.65. The van der Waals surface area contributed by atoms with Crippen LogP contribution in [-0.2, 0) is 0 Å². The molecule has 0 saturated heterocycles. The molecule has 4 atom stereocenters. The van der Waals surface area contributed by atoms with Gasteiger partial charge in [-0.1, -0.05) is 19.8 Å². The Labute approximate surface area is 75.7 Å². The maximum atomic E-state index is 2.35. The van der Waals surface area contributed by atoms with Gasteiger partial charge >= 0.3 is 0 Å². The summed E-state index contributed by atoms with van der Waals surface area (Å²) in [7, 11) is 0. The molecule has 0 radical (unpaired) electrons. The summed E-state index contributed by atoms with van der Waals surface area (Å²) in [5.41, 5.74) is 0. The van der Waals surface area contributed by atoms with Crippen molar-refractivity contribution in [2.24, 2.45) is 29.6 Å². The van der Waals surface area contributed by atoms with Crippen LogP contribution in [0, 0.1) is 29.6 Å². The lowest BCUT2D eigenvalue weighted by atomic mass is 9.91. The molecule has 3 aliphatic rings. The van der Waals surface area contributed by atoms with E-state index in [9.17, 15) is 0 Å². The zero-order valence-electron chi connectivity index (χ0n) is 8.13. The molecule has 0 spiro atoms. The van der Waals surface area contributed by atoms with E-state index < -0.39 is 0 Å². The van der Waals surface area contributed by atoms with Crippen molar-refractivity contribution in [3.63, 3.8) is 0 Å². The maximum Gasteiger partial charge on any atom is -0.0349 e. The predicted octanol–water partition coefficient (Wildman–Crippen LogP) is 3.47. The van der Waals surface area contributed by atoms with E-state index in [0.717, 1.165) is 5.92 Å². The molecule has 12 heavy (non-hydrogen) atoms. The number of rotatable bonds is 3. The van der Waals surface area contributed by atoms with Crippen LogP contribution in [0.1, 0.15) is 45.4 Å². The Morgan fingerprint density at radius 1 is 1.00 bits per heavy atom. The van der Waals surface area contributed by atoms with Gasteiger partial charge in [0.25, 0.3) is 0 Å². The van der Waals surface area contributed by atoms with Gasteiger partial charge in [-0.15, -0.1) is 0 Å². The first-order chi connectivity index (χ1) is 5.90. The summed E-state index contributed by atoms with van der Waals surface area (Å²) in [4.78, 5) is 0. The molecule has 4 unspecified atom stereocenters. The molecular formula is C12H20. The third-order valence-corrected chi connectivity index (χ3v) is 4.51. The highest BCUT2D eigenvalue weighted by molar-refractivity contribution is 5.06. The van der Waals surface area contributed by atoms with Crippen molar-refractivity contribution in [2.45, 2.75) is 45.4 Å². The fourth-order valence-electron chi connectivity index (χ4n) is 3.74. The number of fused-ring (bicyclic) bond motifs is 1. The summed E-state index contributed by atoms with van der Waals surface area (Å²) in [6.07, 6.45) is 9.34. The molecule has 3 rings (SSSR count). The summed E-state index contributed by atoms with van der Waals surface area (Å²) in [5.74, 6) is 5.98. The molecule has 0 aliphatic heterocycles. The molecule has 0 nitrogen and oxygen atoms in total. The molecule has 0 amide bonds. The van der Waals surface area contributed by atoms with Gasteiger partial charge in [0.05, 0.1) is 0 Å². The zero-order valence-corrected chi connectivity index (χ0v) is 8.13. The molecule has 0 aromatic carbocycles. The topological polar surface area (TPSA) is 0 Å². The normalized spacial score (nSPS) is 50.8. The standard InChI is InChI=1S/C12H20/c1-2-3-9-6-10(8-4-5-8)12-7-11(9)12/h8-12H,2-7H2,1H3. The fourth-order valence-corrected chi connectivity index (χ4v) is 3.74. The fraction of sp³-hybridized carbons (Fsp3) is 1.00. The zero-order chi connectivity index (χ0) is 8.13. The minimum absolute atomic E-state index is 1.16. The SMILES string of the molecule is CCCC1CC(C2CC2)C2CC12. The Bertz CT molecular complexity index is 180. The van der Waals surface area contributed by atoms with Gasteiger partial charge < -0.3 is 0 Å². The molecule has 0 heterocycles. The van der Waals surface area contributed by atoms with Gasteiger partial charge in [0, 0.05) is 0 Å². The molecule has 3 saturated carbocycles. The van der Waals surface area contributed by atoms with E-state index in [-0.39, 0.29) is 0 Å². The Hall–Kier alpha value is 0. The molecule has 0 bridgehead atoms. The first kappa shape index (κ1) is 7.41. The summed E-state index contributed by atoms with van der Waals surface area (Å²) in [6, 6.07) is 0. The van der Waals surface area contributed by atoms with Crippen LogP contribution in [0.2, 0.25) is 0 Å². The molecule has 3 aliphatic carbocycles. The molecular weight excluding hydrogens is 144 g/mol. The second-order valence-corrected chi connectivity index (χ2v) is 5.35. The Balaban J connectivity index is 1.63. The van der Waals surface area contributed by atoms with Crippen LogP contribution < -0.4 is 0 Å². The van der Waals surface area contributed by atoms with Crippen LogP contribution >= 0.6 is 0 Å². The van der Waals surface area contributed by atoms with Crippen LogP contribution in [0.4, 0.5) is 0 Å². The van der Waals surface area contributed by atoms with Gasteiger partial charge in [-0.3, -0.25) is 0 Å². The maximum absolute atomic E-state index is 2.35. The van der Waals surface area contributed by atoms with Crippen LogP contribution in [0.15, 0.2) is 0 Å². The van der Waals surface area contributed by atoms with E-state index in [1.54, 1.807) is 25.7 Å². The molecule has 68 valence electrons. The van der Waals surface area contributed by atoms with Gasteiger partial charge in [-0.2, -0.15) is 0 Å². The minimum atomic E-state index is 1.16. The van der Waals surface area contributed by atoms with E-state index in [4.69, 9.17) is 0 Å².